The first-order chi connectivity index (χ1) is 6.81. The summed E-state index contributed by atoms with van der Waals surface area (Å²) in [5.41, 5.74) is 1.60. The minimum atomic E-state index is 0.147. The van der Waals surface area contributed by atoms with Crippen LogP contribution in [0.2, 0.25) is 0 Å². The van der Waals surface area contributed by atoms with Crippen LogP contribution in [0.3, 0.4) is 0 Å². The van der Waals surface area contributed by atoms with Gasteiger partial charge in [-0.3, -0.25) is 4.79 Å². The van der Waals surface area contributed by atoms with Gasteiger partial charge < -0.3 is 9.84 Å². The van der Waals surface area contributed by atoms with Crippen LogP contribution < -0.4 is 4.74 Å². The lowest BCUT2D eigenvalue weighted by Gasteiger charge is -2.07. The molecule has 0 unspecified atom stereocenters. The SMILES string of the molecule is COc1ccc(C=O)cc1CCCO. The number of hydrogen-bond acceptors (Lipinski definition) is 3. The number of aldehydes is 1. The van der Waals surface area contributed by atoms with Gasteiger partial charge in [-0.1, -0.05) is 0 Å². The van der Waals surface area contributed by atoms with Crippen LogP contribution in [0.1, 0.15) is 22.3 Å². The fourth-order valence-electron chi connectivity index (χ4n) is 1.34. The first kappa shape index (κ1) is 10.7. The lowest BCUT2D eigenvalue weighted by molar-refractivity contribution is 0.112. The number of aryl methyl sites for hydroxylation is 1. The van der Waals surface area contributed by atoms with Crippen molar-refractivity contribution in [1.29, 1.82) is 0 Å². The summed E-state index contributed by atoms with van der Waals surface area (Å²) in [4.78, 5) is 10.5. The molecule has 1 aromatic carbocycles. The molecule has 0 radical (unpaired) electrons. The highest BCUT2D eigenvalue weighted by molar-refractivity contribution is 5.75. The molecule has 3 heteroatoms. The van der Waals surface area contributed by atoms with E-state index >= 15 is 0 Å². The quantitative estimate of drug-likeness (QED) is 0.721. The van der Waals surface area contributed by atoms with Gasteiger partial charge in [0.1, 0.15) is 12.0 Å². The highest BCUT2D eigenvalue weighted by Gasteiger charge is 2.03. The number of carbonyl (C=O) groups is 1. The van der Waals surface area contributed by atoms with Gasteiger partial charge in [0.25, 0.3) is 0 Å². The normalized spacial score (nSPS) is 9.86. The number of aliphatic hydroxyl groups excluding tert-OH is 1. The molecule has 0 saturated heterocycles. The van der Waals surface area contributed by atoms with Crippen molar-refractivity contribution in [3.63, 3.8) is 0 Å². The topological polar surface area (TPSA) is 46.5 Å². The summed E-state index contributed by atoms with van der Waals surface area (Å²) in [6.07, 6.45) is 2.21. The maximum atomic E-state index is 10.5. The molecule has 0 aromatic heterocycles. The second kappa shape index (κ2) is 5.40. The summed E-state index contributed by atoms with van der Waals surface area (Å²) in [6, 6.07) is 5.28. The van der Waals surface area contributed by atoms with E-state index in [-0.39, 0.29) is 6.61 Å². The molecule has 0 saturated carbocycles. The van der Waals surface area contributed by atoms with Crippen molar-refractivity contribution in [3.8, 4) is 5.75 Å². The highest BCUT2D eigenvalue weighted by atomic mass is 16.5. The fourth-order valence-corrected chi connectivity index (χ4v) is 1.34. The molecule has 1 N–H and O–H groups in total. The summed E-state index contributed by atoms with van der Waals surface area (Å²) >= 11 is 0. The largest absolute Gasteiger partial charge is 0.496 e. The Morgan fingerprint density at radius 1 is 1.50 bits per heavy atom. The van der Waals surface area contributed by atoms with E-state index in [4.69, 9.17) is 9.84 Å². The van der Waals surface area contributed by atoms with Gasteiger partial charge in [0.05, 0.1) is 7.11 Å². The molecule has 1 rings (SSSR count). The van der Waals surface area contributed by atoms with Gasteiger partial charge in [-0.2, -0.15) is 0 Å². The molecule has 0 bridgehead atoms. The Kier molecular flexibility index (Phi) is 4.13. The van der Waals surface area contributed by atoms with E-state index < -0.39 is 0 Å². The van der Waals surface area contributed by atoms with Crippen LogP contribution in [-0.2, 0) is 6.42 Å². The molecule has 0 aliphatic heterocycles. The van der Waals surface area contributed by atoms with Crippen LogP contribution in [0.25, 0.3) is 0 Å². The van der Waals surface area contributed by atoms with Crippen LogP contribution in [-0.4, -0.2) is 25.1 Å². The number of rotatable bonds is 5. The molecule has 3 nitrogen and oxygen atoms in total. The van der Waals surface area contributed by atoms with Crippen molar-refractivity contribution in [2.24, 2.45) is 0 Å². The third kappa shape index (κ3) is 2.57. The molecule has 0 aliphatic rings. The molecule has 0 atom stereocenters. The Morgan fingerprint density at radius 3 is 2.86 bits per heavy atom. The number of ether oxygens (including phenoxy) is 1. The Hall–Kier alpha value is -1.35. The Morgan fingerprint density at radius 2 is 2.29 bits per heavy atom. The average Bonchev–Trinajstić information content (AvgIpc) is 2.25. The summed E-state index contributed by atoms with van der Waals surface area (Å²) < 4.78 is 5.14. The number of aliphatic hydroxyl groups is 1. The Bertz CT molecular complexity index is 307. The summed E-state index contributed by atoms with van der Waals surface area (Å²) in [5, 5.41) is 8.71. The van der Waals surface area contributed by atoms with Crippen molar-refractivity contribution in [1.82, 2.24) is 0 Å². The van der Waals surface area contributed by atoms with Crippen molar-refractivity contribution < 1.29 is 14.6 Å². The molecule has 76 valence electrons. The van der Waals surface area contributed by atoms with Gasteiger partial charge in [-0.05, 0) is 36.6 Å². The van der Waals surface area contributed by atoms with Crippen LogP contribution in [0.15, 0.2) is 18.2 Å². The molecular formula is C11H14O3. The van der Waals surface area contributed by atoms with Crippen LogP contribution >= 0.6 is 0 Å². The minimum Gasteiger partial charge on any atom is -0.496 e. The summed E-state index contributed by atoms with van der Waals surface area (Å²) in [5.74, 6) is 0.768. The second-order valence-corrected chi connectivity index (χ2v) is 3.02. The van der Waals surface area contributed by atoms with Gasteiger partial charge in [-0.15, -0.1) is 0 Å². The van der Waals surface area contributed by atoms with E-state index in [0.717, 1.165) is 24.0 Å². The van der Waals surface area contributed by atoms with E-state index in [1.807, 2.05) is 0 Å². The van der Waals surface area contributed by atoms with Crippen molar-refractivity contribution in [3.05, 3.63) is 29.3 Å². The summed E-state index contributed by atoms with van der Waals surface area (Å²) in [7, 11) is 1.60. The monoisotopic (exact) mass is 194 g/mol. The molecular weight excluding hydrogens is 180 g/mol. The van der Waals surface area contributed by atoms with Gasteiger partial charge in [0.2, 0.25) is 0 Å². The first-order valence-corrected chi connectivity index (χ1v) is 4.54. The number of methoxy groups -OCH3 is 1. The van der Waals surface area contributed by atoms with Crippen LogP contribution in [0, 0.1) is 0 Å². The molecule has 0 aliphatic carbocycles. The second-order valence-electron chi connectivity index (χ2n) is 3.02. The zero-order chi connectivity index (χ0) is 10.4. The van der Waals surface area contributed by atoms with Crippen molar-refractivity contribution in [2.75, 3.05) is 13.7 Å². The zero-order valence-corrected chi connectivity index (χ0v) is 8.19. The number of carbonyl (C=O) groups excluding carboxylic acids is 1. The third-order valence-corrected chi connectivity index (χ3v) is 2.04. The molecule has 14 heavy (non-hydrogen) atoms. The lowest BCUT2D eigenvalue weighted by Crippen LogP contribution is -1.96. The highest BCUT2D eigenvalue weighted by Crippen LogP contribution is 2.20. The zero-order valence-electron chi connectivity index (χ0n) is 8.19. The standard InChI is InChI=1S/C11H14O3/c1-14-11-5-4-9(8-13)7-10(11)3-2-6-12/h4-5,7-8,12H,2-3,6H2,1H3. The minimum absolute atomic E-state index is 0.147. The molecule has 0 amide bonds. The van der Waals surface area contributed by atoms with Crippen molar-refractivity contribution >= 4 is 6.29 Å². The average molecular weight is 194 g/mol. The number of hydrogen-bond donors (Lipinski definition) is 1. The van der Waals surface area contributed by atoms with Crippen molar-refractivity contribution in [2.45, 2.75) is 12.8 Å². The Balaban J connectivity index is 2.89. The summed E-state index contributed by atoms with van der Waals surface area (Å²) in [6.45, 7) is 0.147. The van der Waals surface area contributed by atoms with E-state index in [9.17, 15) is 4.79 Å². The van der Waals surface area contributed by atoms with E-state index in [1.165, 1.54) is 0 Å². The lowest BCUT2D eigenvalue weighted by atomic mass is 10.1. The maximum Gasteiger partial charge on any atom is 0.150 e. The van der Waals surface area contributed by atoms with E-state index in [1.54, 1.807) is 25.3 Å². The van der Waals surface area contributed by atoms with E-state index in [2.05, 4.69) is 0 Å². The Labute approximate surface area is 83.3 Å². The van der Waals surface area contributed by atoms with Gasteiger partial charge in [0, 0.05) is 12.2 Å². The maximum absolute atomic E-state index is 10.5. The number of benzene rings is 1. The van der Waals surface area contributed by atoms with Crippen LogP contribution in [0.5, 0.6) is 5.75 Å². The molecule has 0 spiro atoms. The fraction of sp³-hybridized carbons (Fsp3) is 0.364. The predicted octanol–water partition coefficient (Wildman–Crippen LogP) is 1.43. The van der Waals surface area contributed by atoms with Gasteiger partial charge >= 0.3 is 0 Å². The van der Waals surface area contributed by atoms with Crippen LogP contribution in [0.4, 0.5) is 0 Å². The third-order valence-electron chi connectivity index (χ3n) is 2.04. The first-order valence-electron chi connectivity index (χ1n) is 4.54. The predicted molar refractivity (Wildman–Crippen MR) is 53.8 cm³/mol. The van der Waals surface area contributed by atoms with E-state index in [0.29, 0.717) is 12.0 Å². The molecule has 0 heterocycles. The molecule has 0 fully saturated rings. The molecule has 1 aromatic rings. The van der Waals surface area contributed by atoms with Gasteiger partial charge in [-0.25, -0.2) is 0 Å². The van der Waals surface area contributed by atoms with Gasteiger partial charge in [0.15, 0.2) is 0 Å². The smallest absolute Gasteiger partial charge is 0.150 e.